The second-order valence-electron chi connectivity index (χ2n) is 5.01. The Morgan fingerprint density at radius 1 is 1.47 bits per heavy atom. The van der Waals surface area contributed by atoms with E-state index in [-0.39, 0.29) is 24.4 Å². The molecule has 0 saturated heterocycles. The van der Waals surface area contributed by atoms with E-state index < -0.39 is 0 Å². The summed E-state index contributed by atoms with van der Waals surface area (Å²) in [5.74, 6) is 1.23. The lowest BCUT2D eigenvalue weighted by atomic mass is 10.0. The van der Waals surface area contributed by atoms with Gasteiger partial charge in [-0.2, -0.15) is 0 Å². The van der Waals surface area contributed by atoms with Crippen molar-refractivity contribution >= 4 is 29.9 Å². The van der Waals surface area contributed by atoms with E-state index in [1.54, 1.807) is 0 Å². The third kappa shape index (κ3) is 4.37. The third-order valence-corrected chi connectivity index (χ3v) is 3.77. The first-order chi connectivity index (χ1) is 8.61. The first-order valence-electron chi connectivity index (χ1n) is 6.36. The van der Waals surface area contributed by atoms with E-state index in [0.29, 0.717) is 24.8 Å². The molecule has 0 aromatic heterocycles. The Morgan fingerprint density at radius 2 is 2.05 bits per heavy atom. The van der Waals surface area contributed by atoms with Gasteiger partial charge in [0.15, 0.2) is 0 Å². The fourth-order valence-corrected chi connectivity index (χ4v) is 2.43. The molecule has 1 saturated carbocycles. The highest BCUT2D eigenvalue weighted by Gasteiger charge is 2.40. The average molecular weight is 303 g/mol. The van der Waals surface area contributed by atoms with Crippen LogP contribution in [0.5, 0.6) is 0 Å². The van der Waals surface area contributed by atoms with Gasteiger partial charge in [-0.1, -0.05) is 30.7 Å². The Labute approximate surface area is 125 Å². The van der Waals surface area contributed by atoms with E-state index in [4.69, 9.17) is 17.3 Å². The number of halogens is 2. The number of rotatable bonds is 5. The van der Waals surface area contributed by atoms with Gasteiger partial charge < -0.3 is 11.1 Å². The van der Waals surface area contributed by atoms with E-state index >= 15 is 0 Å². The number of amides is 1. The Balaban J connectivity index is 0.00000180. The summed E-state index contributed by atoms with van der Waals surface area (Å²) >= 11 is 5.89. The van der Waals surface area contributed by atoms with Crippen LogP contribution in [0, 0.1) is 11.8 Å². The molecule has 1 aliphatic carbocycles. The molecule has 0 radical (unpaired) electrons. The largest absolute Gasteiger partial charge is 0.349 e. The van der Waals surface area contributed by atoms with Gasteiger partial charge in [0.1, 0.15) is 0 Å². The van der Waals surface area contributed by atoms with E-state index in [0.717, 1.165) is 17.0 Å². The number of benzene rings is 1. The quantitative estimate of drug-likeness (QED) is 0.878. The molecule has 1 amide bonds. The molecule has 2 rings (SSSR count). The maximum atomic E-state index is 11.7. The van der Waals surface area contributed by atoms with E-state index in [9.17, 15) is 4.79 Å². The van der Waals surface area contributed by atoms with Gasteiger partial charge in [-0.15, -0.1) is 12.4 Å². The second-order valence-corrected chi connectivity index (χ2v) is 5.45. The number of carbonyl (C=O) groups is 1. The SMILES string of the molecule is CC1CC1C(NC(=O)CCN)c1ccc(Cl)cc1.Cl. The van der Waals surface area contributed by atoms with E-state index in [2.05, 4.69) is 12.2 Å². The highest BCUT2D eigenvalue weighted by molar-refractivity contribution is 6.30. The molecular formula is C14H20Cl2N2O. The highest BCUT2D eigenvalue weighted by atomic mass is 35.5. The van der Waals surface area contributed by atoms with Gasteiger partial charge in [0.2, 0.25) is 5.91 Å². The normalized spacial score (nSPS) is 22.3. The number of nitrogens with one attached hydrogen (secondary N) is 1. The monoisotopic (exact) mass is 302 g/mol. The van der Waals surface area contributed by atoms with Gasteiger partial charge in [-0.3, -0.25) is 4.79 Å². The summed E-state index contributed by atoms with van der Waals surface area (Å²) in [6.45, 7) is 2.60. The smallest absolute Gasteiger partial charge is 0.221 e. The molecule has 3 N–H and O–H groups in total. The van der Waals surface area contributed by atoms with Crippen LogP contribution in [0.15, 0.2) is 24.3 Å². The van der Waals surface area contributed by atoms with Crippen molar-refractivity contribution in [2.75, 3.05) is 6.54 Å². The molecule has 0 spiro atoms. The van der Waals surface area contributed by atoms with Crippen molar-refractivity contribution < 1.29 is 4.79 Å². The summed E-state index contributed by atoms with van der Waals surface area (Å²) in [6, 6.07) is 7.80. The Kier molecular flexibility index (Phi) is 6.11. The summed E-state index contributed by atoms with van der Waals surface area (Å²) in [6.07, 6.45) is 1.54. The van der Waals surface area contributed by atoms with E-state index in [1.165, 1.54) is 0 Å². The summed E-state index contributed by atoms with van der Waals surface area (Å²) in [5, 5.41) is 3.80. The van der Waals surface area contributed by atoms with Crippen molar-refractivity contribution in [1.29, 1.82) is 0 Å². The molecule has 1 fully saturated rings. The zero-order valence-electron chi connectivity index (χ0n) is 10.9. The maximum absolute atomic E-state index is 11.7. The van der Waals surface area contributed by atoms with Crippen LogP contribution in [-0.2, 0) is 4.79 Å². The van der Waals surface area contributed by atoms with Gasteiger partial charge in [-0.05, 0) is 36.0 Å². The molecule has 1 aromatic carbocycles. The van der Waals surface area contributed by atoms with Crippen molar-refractivity contribution in [3.8, 4) is 0 Å². The predicted octanol–water partition coefficient (Wildman–Crippen LogP) is 2.92. The van der Waals surface area contributed by atoms with Crippen molar-refractivity contribution in [3.05, 3.63) is 34.9 Å². The molecule has 5 heteroatoms. The lowest BCUT2D eigenvalue weighted by Gasteiger charge is -2.19. The van der Waals surface area contributed by atoms with Gasteiger partial charge in [0, 0.05) is 18.0 Å². The zero-order valence-corrected chi connectivity index (χ0v) is 12.5. The molecule has 0 heterocycles. The predicted molar refractivity (Wildman–Crippen MR) is 80.5 cm³/mol. The molecule has 1 aromatic rings. The second kappa shape index (κ2) is 7.13. The van der Waals surface area contributed by atoms with Gasteiger partial charge in [0.25, 0.3) is 0 Å². The number of nitrogens with two attached hydrogens (primary N) is 1. The van der Waals surface area contributed by atoms with Crippen LogP contribution in [0.3, 0.4) is 0 Å². The first-order valence-corrected chi connectivity index (χ1v) is 6.74. The number of hydrogen-bond acceptors (Lipinski definition) is 2. The molecule has 0 bridgehead atoms. The average Bonchev–Trinajstić information content (AvgIpc) is 3.05. The topological polar surface area (TPSA) is 55.1 Å². The molecular weight excluding hydrogens is 283 g/mol. The maximum Gasteiger partial charge on any atom is 0.221 e. The van der Waals surface area contributed by atoms with Crippen LogP contribution in [0.4, 0.5) is 0 Å². The standard InChI is InChI=1S/C14H19ClN2O.ClH/c1-9-8-12(9)14(17-13(18)6-7-16)10-2-4-11(15)5-3-10;/h2-5,9,12,14H,6-8,16H2,1H3,(H,17,18);1H. The summed E-state index contributed by atoms with van der Waals surface area (Å²) in [5.41, 5.74) is 6.53. The molecule has 3 nitrogen and oxygen atoms in total. The third-order valence-electron chi connectivity index (χ3n) is 3.52. The lowest BCUT2D eigenvalue weighted by Crippen LogP contribution is -2.31. The van der Waals surface area contributed by atoms with Crippen LogP contribution in [0.2, 0.25) is 5.02 Å². The number of hydrogen-bond donors (Lipinski definition) is 2. The van der Waals surface area contributed by atoms with Gasteiger partial charge >= 0.3 is 0 Å². The Hall–Kier alpha value is -0.770. The minimum Gasteiger partial charge on any atom is -0.349 e. The molecule has 3 unspecified atom stereocenters. The van der Waals surface area contributed by atoms with Crippen molar-refractivity contribution in [1.82, 2.24) is 5.32 Å². The van der Waals surface area contributed by atoms with E-state index in [1.807, 2.05) is 24.3 Å². The summed E-state index contributed by atoms with van der Waals surface area (Å²) in [4.78, 5) is 11.7. The Morgan fingerprint density at radius 3 is 2.53 bits per heavy atom. The molecule has 1 aliphatic rings. The molecule has 106 valence electrons. The van der Waals surface area contributed by atoms with Crippen LogP contribution >= 0.6 is 24.0 Å². The fraction of sp³-hybridized carbons (Fsp3) is 0.500. The molecule has 0 aliphatic heterocycles. The van der Waals surface area contributed by atoms with Gasteiger partial charge in [-0.25, -0.2) is 0 Å². The zero-order chi connectivity index (χ0) is 13.1. The molecule has 19 heavy (non-hydrogen) atoms. The van der Waals surface area contributed by atoms with Crippen LogP contribution in [0.1, 0.15) is 31.4 Å². The van der Waals surface area contributed by atoms with Crippen molar-refractivity contribution in [3.63, 3.8) is 0 Å². The highest BCUT2D eigenvalue weighted by Crippen LogP contribution is 2.47. The summed E-state index contributed by atoms with van der Waals surface area (Å²) < 4.78 is 0. The van der Waals surface area contributed by atoms with Crippen molar-refractivity contribution in [2.24, 2.45) is 17.6 Å². The van der Waals surface area contributed by atoms with Gasteiger partial charge in [0.05, 0.1) is 6.04 Å². The minimum absolute atomic E-state index is 0. The molecule has 3 atom stereocenters. The fourth-order valence-electron chi connectivity index (χ4n) is 2.30. The van der Waals surface area contributed by atoms with Crippen LogP contribution in [-0.4, -0.2) is 12.5 Å². The summed E-state index contributed by atoms with van der Waals surface area (Å²) in [7, 11) is 0. The van der Waals surface area contributed by atoms with Crippen LogP contribution in [0.25, 0.3) is 0 Å². The minimum atomic E-state index is 0. The van der Waals surface area contributed by atoms with Crippen molar-refractivity contribution in [2.45, 2.75) is 25.8 Å². The first kappa shape index (κ1) is 16.3. The number of carbonyl (C=O) groups excluding carboxylic acids is 1. The lowest BCUT2D eigenvalue weighted by molar-refractivity contribution is -0.121. The Bertz CT molecular complexity index is 422. The van der Waals surface area contributed by atoms with Crippen LogP contribution < -0.4 is 11.1 Å².